The van der Waals surface area contributed by atoms with Gasteiger partial charge in [-0.3, -0.25) is 14.3 Å². The molecule has 0 aliphatic heterocycles. The average Bonchev–Trinajstić information content (AvgIpc) is 3.09. The van der Waals surface area contributed by atoms with Gasteiger partial charge in [-0.2, -0.15) is 5.10 Å². The van der Waals surface area contributed by atoms with Gasteiger partial charge in [0.05, 0.1) is 11.7 Å². The number of nitrogens with zero attached hydrogens (tertiary/aromatic N) is 3. The molecule has 2 aromatic heterocycles. The fourth-order valence-electron chi connectivity index (χ4n) is 3.29. The monoisotopic (exact) mass is 372 g/mol. The number of aromatic nitrogens is 3. The number of pyridine rings is 1. The molecule has 0 bridgehead atoms. The van der Waals surface area contributed by atoms with Gasteiger partial charge < -0.3 is 9.88 Å². The third-order valence-corrected chi connectivity index (χ3v) is 4.72. The molecule has 2 aromatic carbocycles. The molecule has 0 aliphatic rings. The Labute approximate surface area is 162 Å². The topological polar surface area (TPSA) is 68.9 Å². The summed E-state index contributed by atoms with van der Waals surface area (Å²) in [6.07, 6.45) is 3.39. The number of anilines is 1. The molecular formula is C22H20N4O2. The van der Waals surface area contributed by atoms with Crippen molar-refractivity contribution in [2.24, 2.45) is 7.05 Å². The lowest BCUT2D eigenvalue weighted by molar-refractivity contribution is -0.116. The number of fused-ring (bicyclic) bond motifs is 1. The van der Waals surface area contributed by atoms with Crippen molar-refractivity contribution in [1.82, 2.24) is 14.3 Å². The lowest BCUT2D eigenvalue weighted by Gasteiger charge is -2.14. The van der Waals surface area contributed by atoms with Gasteiger partial charge in [0.1, 0.15) is 12.4 Å². The largest absolute Gasteiger partial charge is 0.337 e. The maximum atomic E-state index is 13.1. The van der Waals surface area contributed by atoms with Crippen molar-refractivity contribution in [2.45, 2.75) is 13.5 Å². The SMILES string of the molecule is Cc1ccc2c(=O)c(-c3ccccc3)cn(CC(=O)Nc3ccnn3C)c2c1. The van der Waals surface area contributed by atoms with Gasteiger partial charge in [0.2, 0.25) is 5.91 Å². The maximum absolute atomic E-state index is 13.1. The lowest BCUT2D eigenvalue weighted by Crippen LogP contribution is -2.22. The van der Waals surface area contributed by atoms with E-state index in [2.05, 4.69) is 10.4 Å². The number of amides is 1. The third-order valence-electron chi connectivity index (χ3n) is 4.72. The molecule has 6 heteroatoms. The average molecular weight is 372 g/mol. The summed E-state index contributed by atoms with van der Waals surface area (Å²) in [6, 6.07) is 16.9. The minimum absolute atomic E-state index is 0.0375. The molecule has 28 heavy (non-hydrogen) atoms. The zero-order chi connectivity index (χ0) is 19.7. The first-order valence-corrected chi connectivity index (χ1v) is 9.00. The van der Waals surface area contributed by atoms with E-state index in [-0.39, 0.29) is 17.9 Å². The van der Waals surface area contributed by atoms with E-state index in [1.807, 2.05) is 60.0 Å². The Morgan fingerprint density at radius 3 is 2.61 bits per heavy atom. The lowest BCUT2D eigenvalue weighted by atomic mass is 10.0. The van der Waals surface area contributed by atoms with E-state index in [0.29, 0.717) is 16.8 Å². The molecule has 2 heterocycles. The predicted octanol–water partition coefficient (Wildman–Crippen LogP) is 3.35. The Morgan fingerprint density at radius 1 is 1.11 bits per heavy atom. The van der Waals surface area contributed by atoms with Crippen molar-refractivity contribution in [2.75, 3.05) is 5.32 Å². The number of hydrogen-bond acceptors (Lipinski definition) is 3. The molecule has 140 valence electrons. The number of nitrogens with one attached hydrogen (secondary N) is 1. The van der Waals surface area contributed by atoms with Crippen LogP contribution in [0.2, 0.25) is 0 Å². The van der Waals surface area contributed by atoms with Gasteiger partial charge in [-0.05, 0) is 30.2 Å². The van der Waals surface area contributed by atoms with Crippen LogP contribution in [0.25, 0.3) is 22.0 Å². The van der Waals surface area contributed by atoms with Crippen molar-refractivity contribution < 1.29 is 4.79 Å². The van der Waals surface area contributed by atoms with Crippen LogP contribution < -0.4 is 10.7 Å². The summed E-state index contributed by atoms with van der Waals surface area (Å²) in [7, 11) is 1.77. The molecular weight excluding hydrogens is 352 g/mol. The summed E-state index contributed by atoms with van der Waals surface area (Å²) >= 11 is 0. The Kier molecular flexibility index (Phi) is 4.53. The summed E-state index contributed by atoms with van der Waals surface area (Å²) in [4.78, 5) is 25.7. The number of rotatable bonds is 4. The minimum atomic E-state index is -0.186. The van der Waals surface area contributed by atoms with Crippen molar-refractivity contribution in [1.29, 1.82) is 0 Å². The standard InChI is InChI=1S/C22H20N4O2/c1-15-8-9-17-19(12-15)26(14-21(27)24-20-10-11-23-25(20)2)13-18(22(17)28)16-6-4-3-5-7-16/h3-13H,14H2,1-2H3,(H,24,27). The number of carbonyl (C=O) groups excluding carboxylic acids is 1. The van der Waals surface area contributed by atoms with Crippen molar-refractivity contribution in [3.05, 3.63) is 82.8 Å². The van der Waals surface area contributed by atoms with E-state index in [0.717, 1.165) is 16.6 Å². The van der Waals surface area contributed by atoms with E-state index in [4.69, 9.17) is 0 Å². The molecule has 4 aromatic rings. The molecule has 0 saturated carbocycles. The summed E-state index contributed by atoms with van der Waals surface area (Å²) in [5.74, 6) is 0.434. The van der Waals surface area contributed by atoms with Crippen LogP contribution in [-0.2, 0) is 18.4 Å². The predicted molar refractivity (Wildman–Crippen MR) is 110 cm³/mol. The Morgan fingerprint density at radius 2 is 1.89 bits per heavy atom. The number of benzene rings is 2. The first-order valence-electron chi connectivity index (χ1n) is 9.00. The van der Waals surface area contributed by atoms with E-state index in [1.165, 1.54) is 0 Å². The second kappa shape index (κ2) is 7.15. The van der Waals surface area contributed by atoms with E-state index in [1.54, 1.807) is 30.2 Å². The van der Waals surface area contributed by atoms with Crippen LogP contribution in [0.5, 0.6) is 0 Å². The van der Waals surface area contributed by atoms with Crippen LogP contribution in [0, 0.1) is 6.92 Å². The zero-order valence-electron chi connectivity index (χ0n) is 15.7. The molecule has 0 radical (unpaired) electrons. The van der Waals surface area contributed by atoms with E-state index in [9.17, 15) is 9.59 Å². The van der Waals surface area contributed by atoms with Gasteiger partial charge >= 0.3 is 0 Å². The maximum Gasteiger partial charge on any atom is 0.245 e. The quantitative estimate of drug-likeness (QED) is 0.597. The van der Waals surface area contributed by atoms with Crippen molar-refractivity contribution >= 4 is 22.6 Å². The van der Waals surface area contributed by atoms with Gasteiger partial charge in [-0.1, -0.05) is 36.4 Å². The van der Waals surface area contributed by atoms with Gasteiger partial charge in [0.25, 0.3) is 0 Å². The summed E-state index contributed by atoms with van der Waals surface area (Å²) < 4.78 is 3.43. The number of hydrogen-bond donors (Lipinski definition) is 1. The third kappa shape index (κ3) is 3.32. The summed E-state index contributed by atoms with van der Waals surface area (Å²) in [5.41, 5.74) is 3.13. The fourth-order valence-corrected chi connectivity index (χ4v) is 3.29. The van der Waals surface area contributed by atoms with E-state index >= 15 is 0 Å². The second-order valence-electron chi connectivity index (χ2n) is 6.77. The van der Waals surface area contributed by atoms with Crippen molar-refractivity contribution in [3.8, 4) is 11.1 Å². The smallest absolute Gasteiger partial charge is 0.245 e. The first-order chi connectivity index (χ1) is 13.5. The van der Waals surface area contributed by atoms with Gasteiger partial charge in [-0.15, -0.1) is 0 Å². The van der Waals surface area contributed by atoms with Crippen LogP contribution >= 0.6 is 0 Å². The Hall–Kier alpha value is -3.67. The number of carbonyl (C=O) groups is 1. The normalized spacial score (nSPS) is 10.9. The van der Waals surface area contributed by atoms with Gasteiger partial charge in [0.15, 0.2) is 5.43 Å². The first kappa shape index (κ1) is 17.7. The molecule has 0 saturated heterocycles. The molecule has 6 nitrogen and oxygen atoms in total. The summed E-state index contributed by atoms with van der Waals surface area (Å²) in [6.45, 7) is 2.06. The zero-order valence-corrected chi connectivity index (χ0v) is 15.7. The molecule has 1 N–H and O–H groups in total. The molecule has 0 fully saturated rings. The molecule has 0 atom stereocenters. The fraction of sp³-hybridized carbons (Fsp3) is 0.136. The van der Waals surface area contributed by atoms with Crippen LogP contribution in [-0.4, -0.2) is 20.3 Å². The minimum Gasteiger partial charge on any atom is -0.337 e. The Bertz CT molecular complexity index is 1220. The molecule has 1 amide bonds. The number of aryl methyl sites for hydroxylation is 2. The second-order valence-corrected chi connectivity index (χ2v) is 6.77. The molecule has 4 rings (SSSR count). The molecule has 0 aliphatic carbocycles. The van der Waals surface area contributed by atoms with Crippen molar-refractivity contribution in [3.63, 3.8) is 0 Å². The highest BCUT2D eigenvalue weighted by molar-refractivity contribution is 5.92. The van der Waals surface area contributed by atoms with Crippen LogP contribution in [0.15, 0.2) is 71.8 Å². The molecule has 0 unspecified atom stereocenters. The highest BCUT2D eigenvalue weighted by Crippen LogP contribution is 2.21. The summed E-state index contributed by atoms with van der Waals surface area (Å²) in [5, 5.41) is 7.51. The van der Waals surface area contributed by atoms with Gasteiger partial charge in [-0.25, -0.2) is 0 Å². The Balaban J connectivity index is 1.81. The van der Waals surface area contributed by atoms with Crippen LogP contribution in [0.3, 0.4) is 0 Å². The van der Waals surface area contributed by atoms with E-state index < -0.39 is 0 Å². The van der Waals surface area contributed by atoms with Crippen LogP contribution in [0.1, 0.15) is 5.56 Å². The molecule has 0 spiro atoms. The highest BCUT2D eigenvalue weighted by atomic mass is 16.2. The van der Waals surface area contributed by atoms with Gasteiger partial charge in [0, 0.05) is 30.3 Å². The highest BCUT2D eigenvalue weighted by Gasteiger charge is 2.14. The van der Waals surface area contributed by atoms with Crippen LogP contribution in [0.4, 0.5) is 5.82 Å².